The van der Waals surface area contributed by atoms with Crippen LogP contribution in [0.25, 0.3) is 16.9 Å². The number of piperazine rings is 1. The third-order valence-electron chi connectivity index (χ3n) is 5.11. The molecule has 0 aliphatic carbocycles. The van der Waals surface area contributed by atoms with Crippen molar-refractivity contribution in [3.63, 3.8) is 0 Å². The molecule has 152 valence electrons. The molecule has 8 nitrogen and oxygen atoms in total. The molecule has 0 atom stereocenters. The van der Waals surface area contributed by atoms with Crippen LogP contribution in [0.15, 0.2) is 48.7 Å². The average Bonchev–Trinajstić information content (AvgIpc) is 3.12. The lowest BCUT2D eigenvalue weighted by Gasteiger charge is -2.34. The number of hydrogen-bond acceptors (Lipinski definition) is 5. The van der Waals surface area contributed by atoms with E-state index in [1.165, 1.54) is 0 Å². The van der Waals surface area contributed by atoms with Gasteiger partial charge in [0.2, 0.25) is 0 Å². The molecule has 29 heavy (non-hydrogen) atoms. The van der Waals surface area contributed by atoms with Gasteiger partial charge >= 0.3 is 6.03 Å². The molecule has 3 aromatic rings. The van der Waals surface area contributed by atoms with Crippen molar-refractivity contribution in [1.29, 1.82) is 0 Å². The number of urea groups is 1. The highest BCUT2D eigenvalue weighted by molar-refractivity contribution is 5.74. The molecule has 1 N–H and O–H groups in total. The number of nitrogens with zero attached hydrogens (tertiary/aromatic N) is 5. The maximum Gasteiger partial charge on any atom is 0.317 e. The van der Waals surface area contributed by atoms with E-state index in [1.807, 2.05) is 35.2 Å². The number of pyridine rings is 1. The van der Waals surface area contributed by atoms with E-state index in [-0.39, 0.29) is 6.03 Å². The summed E-state index contributed by atoms with van der Waals surface area (Å²) in [6, 6.07) is 14.1. The van der Waals surface area contributed by atoms with Crippen molar-refractivity contribution in [3.8, 4) is 5.69 Å². The van der Waals surface area contributed by atoms with Gasteiger partial charge < -0.3 is 15.0 Å². The second kappa shape index (κ2) is 9.02. The third-order valence-corrected chi connectivity index (χ3v) is 5.11. The van der Waals surface area contributed by atoms with Crippen molar-refractivity contribution < 1.29 is 9.53 Å². The summed E-state index contributed by atoms with van der Waals surface area (Å²) in [6.45, 7) is 4.78. The summed E-state index contributed by atoms with van der Waals surface area (Å²) in [5.74, 6) is 0.961. The molecule has 1 fully saturated rings. The quantitative estimate of drug-likeness (QED) is 0.647. The van der Waals surface area contributed by atoms with E-state index < -0.39 is 0 Å². The summed E-state index contributed by atoms with van der Waals surface area (Å²) in [6.07, 6.45) is 1.80. The van der Waals surface area contributed by atoms with Crippen molar-refractivity contribution in [1.82, 2.24) is 29.7 Å². The van der Waals surface area contributed by atoms with Gasteiger partial charge in [0, 0.05) is 51.7 Å². The number of carbonyl (C=O) groups is 1. The van der Waals surface area contributed by atoms with Crippen LogP contribution < -0.4 is 5.32 Å². The van der Waals surface area contributed by atoms with Crippen molar-refractivity contribution in [3.05, 3.63) is 54.5 Å². The fraction of sp³-hybridized carbons (Fsp3) is 0.381. The molecule has 0 unspecified atom stereocenters. The van der Waals surface area contributed by atoms with E-state index in [2.05, 4.69) is 31.9 Å². The Balaban J connectivity index is 1.46. The summed E-state index contributed by atoms with van der Waals surface area (Å²) in [7, 11) is 1.63. The maximum atomic E-state index is 12.2. The SMILES string of the molecule is COCCNC(=O)N1CCN(Cc2nc3cccnc3n2-c2ccccc2)CC1. The van der Waals surface area contributed by atoms with Crippen LogP contribution in [-0.4, -0.2) is 76.8 Å². The monoisotopic (exact) mass is 394 g/mol. The van der Waals surface area contributed by atoms with Crippen LogP contribution in [0.3, 0.4) is 0 Å². The number of methoxy groups -OCH3 is 1. The Morgan fingerprint density at radius 2 is 1.90 bits per heavy atom. The fourth-order valence-corrected chi connectivity index (χ4v) is 3.59. The summed E-state index contributed by atoms with van der Waals surface area (Å²) in [5.41, 5.74) is 2.81. The van der Waals surface area contributed by atoms with Crippen molar-refractivity contribution in [2.75, 3.05) is 46.4 Å². The number of ether oxygens (including phenoxy) is 1. The minimum Gasteiger partial charge on any atom is -0.383 e. The van der Waals surface area contributed by atoms with Crippen molar-refractivity contribution in [2.24, 2.45) is 0 Å². The Morgan fingerprint density at radius 3 is 2.66 bits per heavy atom. The largest absolute Gasteiger partial charge is 0.383 e. The van der Waals surface area contributed by atoms with E-state index in [1.54, 1.807) is 13.3 Å². The van der Waals surface area contributed by atoms with E-state index in [0.29, 0.717) is 32.8 Å². The third kappa shape index (κ3) is 4.38. The lowest BCUT2D eigenvalue weighted by atomic mass is 10.3. The zero-order valence-electron chi connectivity index (χ0n) is 16.6. The molecule has 0 bridgehead atoms. The first-order valence-corrected chi connectivity index (χ1v) is 9.88. The molecule has 2 aromatic heterocycles. The smallest absolute Gasteiger partial charge is 0.317 e. The highest BCUT2D eigenvalue weighted by Crippen LogP contribution is 2.21. The predicted molar refractivity (Wildman–Crippen MR) is 111 cm³/mol. The van der Waals surface area contributed by atoms with Gasteiger partial charge in [-0.15, -0.1) is 0 Å². The molecular formula is C21H26N6O2. The maximum absolute atomic E-state index is 12.2. The minimum absolute atomic E-state index is 0.0255. The number of hydrogen-bond donors (Lipinski definition) is 1. The van der Waals surface area contributed by atoms with Crippen LogP contribution in [0.5, 0.6) is 0 Å². The van der Waals surface area contributed by atoms with E-state index in [9.17, 15) is 4.79 Å². The van der Waals surface area contributed by atoms with Gasteiger partial charge in [-0.25, -0.2) is 14.8 Å². The van der Waals surface area contributed by atoms with Crippen LogP contribution in [0.1, 0.15) is 5.82 Å². The molecule has 2 amide bonds. The first kappa shape index (κ1) is 19.4. The topological polar surface area (TPSA) is 75.5 Å². The minimum atomic E-state index is -0.0255. The van der Waals surface area contributed by atoms with Gasteiger partial charge in [-0.2, -0.15) is 0 Å². The number of imidazole rings is 1. The van der Waals surface area contributed by atoms with Gasteiger partial charge in [0.1, 0.15) is 11.3 Å². The number of nitrogens with one attached hydrogen (secondary N) is 1. The molecular weight excluding hydrogens is 368 g/mol. The van der Waals surface area contributed by atoms with Gasteiger partial charge in [0.25, 0.3) is 0 Å². The highest BCUT2D eigenvalue weighted by atomic mass is 16.5. The van der Waals surface area contributed by atoms with E-state index in [0.717, 1.165) is 35.8 Å². The molecule has 4 rings (SSSR count). The molecule has 0 radical (unpaired) electrons. The van der Waals surface area contributed by atoms with Gasteiger partial charge in [0.15, 0.2) is 5.65 Å². The number of fused-ring (bicyclic) bond motifs is 1. The summed E-state index contributed by atoms with van der Waals surface area (Å²) in [5, 5.41) is 2.88. The summed E-state index contributed by atoms with van der Waals surface area (Å²) in [4.78, 5) is 25.8. The Kier molecular flexibility index (Phi) is 6.02. The summed E-state index contributed by atoms with van der Waals surface area (Å²) < 4.78 is 7.10. The first-order chi connectivity index (χ1) is 14.3. The van der Waals surface area contributed by atoms with Gasteiger partial charge in [-0.1, -0.05) is 18.2 Å². The van der Waals surface area contributed by atoms with Gasteiger partial charge in [-0.05, 0) is 24.3 Å². The zero-order valence-corrected chi connectivity index (χ0v) is 16.6. The first-order valence-electron chi connectivity index (χ1n) is 9.88. The van der Waals surface area contributed by atoms with Crippen LogP contribution >= 0.6 is 0 Å². The van der Waals surface area contributed by atoms with E-state index >= 15 is 0 Å². The molecule has 1 aliphatic rings. The van der Waals surface area contributed by atoms with E-state index in [4.69, 9.17) is 9.72 Å². The molecule has 1 aromatic carbocycles. The summed E-state index contributed by atoms with van der Waals surface area (Å²) >= 11 is 0. The van der Waals surface area contributed by atoms with Crippen molar-refractivity contribution >= 4 is 17.2 Å². The number of carbonyl (C=O) groups excluding carboxylic acids is 1. The number of amides is 2. The Labute approximate surface area is 170 Å². The van der Waals surface area contributed by atoms with Crippen LogP contribution in [-0.2, 0) is 11.3 Å². The highest BCUT2D eigenvalue weighted by Gasteiger charge is 2.23. The van der Waals surface area contributed by atoms with Crippen LogP contribution in [0.2, 0.25) is 0 Å². The normalized spacial score (nSPS) is 15.0. The number of rotatable bonds is 6. The molecule has 1 aliphatic heterocycles. The lowest BCUT2D eigenvalue weighted by Crippen LogP contribution is -2.51. The average molecular weight is 394 g/mol. The van der Waals surface area contributed by atoms with Crippen LogP contribution in [0, 0.1) is 0 Å². The molecule has 3 heterocycles. The predicted octanol–water partition coefficient (Wildman–Crippen LogP) is 1.89. The second-order valence-corrected chi connectivity index (χ2v) is 7.03. The number of benzene rings is 1. The zero-order chi connectivity index (χ0) is 20.1. The Bertz CT molecular complexity index is 950. The second-order valence-electron chi connectivity index (χ2n) is 7.03. The van der Waals surface area contributed by atoms with Crippen LogP contribution in [0.4, 0.5) is 4.79 Å². The Hall–Kier alpha value is -2.97. The molecule has 0 spiro atoms. The molecule has 1 saturated heterocycles. The number of para-hydroxylation sites is 1. The Morgan fingerprint density at radius 1 is 1.10 bits per heavy atom. The fourth-order valence-electron chi connectivity index (χ4n) is 3.59. The molecule has 0 saturated carbocycles. The van der Waals surface area contributed by atoms with Crippen molar-refractivity contribution in [2.45, 2.75) is 6.54 Å². The van der Waals surface area contributed by atoms with Gasteiger partial charge in [0.05, 0.1) is 13.2 Å². The number of aromatic nitrogens is 3. The standard InChI is InChI=1S/C21H26N6O2/c1-29-15-10-23-21(28)26-13-11-25(12-14-26)16-19-24-18-8-5-9-22-20(18)27(19)17-6-3-2-4-7-17/h2-9H,10-16H2,1H3,(H,23,28). The van der Waals surface area contributed by atoms with Gasteiger partial charge in [-0.3, -0.25) is 9.47 Å². The molecule has 8 heteroatoms. The lowest BCUT2D eigenvalue weighted by molar-refractivity contribution is 0.130.